The Bertz CT molecular complexity index is 890. The van der Waals surface area contributed by atoms with Crippen molar-refractivity contribution in [1.29, 1.82) is 0 Å². The van der Waals surface area contributed by atoms with Crippen LogP contribution >= 0.6 is 34.3 Å². The van der Waals surface area contributed by atoms with Gasteiger partial charge in [-0.25, -0.2) is 9.37 Å². The normalized spacial score (nSPS) is 10.8. The SMILES string of the molecule is Cc1nc(-c2ccc(Cl)s2)sc1C(=O)N(C)Cc1ccccc1F. The molecule has 124 valence electrons. The van der Waals surface area contributed by atoms with Gasteiger partial charge in [0.15, 0.2) is 0 Å². The average Bonchev–Trinajstić information content (AvgIpc) is 3.14. The van der Waals surface area contributed by atoms with E-state index >= 15 is 0 Å². The van der Waals surface area contributed by atoms with Crippen LogP contribution in [-0.2, 0) is 6.54 Å². The van der Waals surface area contributed by atoms with E-state index in [1.807, 2.05) is 12.1 Å². The summed E-state index contributed by atoms with van der Waals surface area (Å²) >= 11 is 8.72. The van der Waals surface area contributed by atoms with E-state index < -0.39 is 0 Å². The molecule has 0 unspecified atom stereocenters. The van der Waals surface area contributed by atoms with Crippen molar-refractivity contribution >= 4 is 40.2 Å². The molecule has 0 aliphatic carbocycles. The highest BCUT2D eigenvalue weighted by atomic mass is 35.5. The van der Waals surface area contributed by atoms with Gasteiger partial charge >= 0.3 is 0 Å². The molecule has 3 nitrogen and oxygen atoms in total. The van der Waals surface area contributed by atoms with Gasteiger partial charge in [0.1, 0.15) is 15.7 Å². The molecule has 2 heterocycles. The molecule has 7 heteroatoms. The number of carbonyl (C=O) groups excluding carboxylic acids is 1. The summed E-state index contributed by atoms with van der Waals surface area (Å²) in [7, 11) is 1.66. The summed E-state index contributed by atoms with van der Waals surface area (Å²) < 4.78 is 14.4. The average molecular weight is 381 g/mol. The van der Waals surface area contributed by atoms with E-state index in [1.54, 1.807) is 32.2 Å². The minimum atomic E-state index is -0.313. The Hall–Kier alpha value is -1.76. The van der Waals surface area contributed by atoms with Gasteiger partial charge in [-0.05, 0) is 25.1 Å². The smallest absolute Gasteiger partial charge is 0.265 e. The summed E-state index contributed by atoms with van der Waals surface area (Å²) in [6, 6.07) is 10.2. The van der Waals surface area contributed by atoms with Crippen molar-refractivity contribution in [3.63, 3.8) is 0 Å². The zero-order chi connectivity index (χ0) is 17.3. The van der Waals surface area contributed by atoms with Gasteiger partial charge in [-0.2, -0.15) is 0 Å². The molecule has 0 aliphatic rings. The molecule has 1 aromatic carbocycles. The van der Waals surface area contributed by atoms with Crippen molar-refractivity contribution in [2.45, 2.75) is 13.5 Å². The topological polar surface area (TPSA) is 33.2 Å². The van der Waals surface area contributed by atoms with Gasteiger partial charge in [0.05, 0.1) is 14.9 Å². The highest BCUT2D eigenvalue weighted by molar-refractivity contribution is 7.24. The van der Waals surface area contributed by atoms with Crippen LogP contribution in [0.25, 0.3) is 9.88 Å². The van der Waals surface area contributed by atoms with Gasteiger partial charge in [0, 0.05) is 19.2 Å². The lowest BCUT2D eigenvalue weighted by Gasteiger charge is -2.17. The summed E-state index contributed by atoms with van der Waals surface area (Å²) in [5.41, 5.74) is 1.16. The lowest BCUT2D eigenvalue weighted by Crippen LogP contribution is -2.26. The van der Waals surface area contributed by atoms with Gasteiger partial charge in [-0.15, -0.1) is 22.7 Å². The second-order valence-corrected chi connectivity index (χ2v) is 8.00. The Kier molecular flexibility index (Phi) is 4.99. The fraction of sp³-hybridized carbons (Fsp3) is 0.176. The lowest BCUT2D eigenvalue weighted by molar-refractivity contribution is 0.0787. The van der Waals surface area contributed by atoms with Crippen LogP contribution in [0.3, 0.4) is 0 Å². The standard InChI is InChI=1S/C17H14ClFN2OS2/c1-10-15(24-16(20-10)13-7-8-14(18)23-13)17(22)21(2)9-11-5-3-4-6-12(11)19/h3-8H,9H2,1-2H3. The number of thiazole rings is 1. The molecular weight excluding hydrogens is 367 g/mol. The summed E-state index contributed by atoms with van der Waals surface area (Å²) in [6.45, 7) is 2.02. The number of thiophene rings is 1. The first-order valence-corrected chi connectivity index (χ1v) is 9.19. The van der Waals surface area contributed by atoms with E-state index in [0.717, 1.165) is 9.88 Å². The molecule has 3 rings (SSSR count). The van der Waals surface area contributed by atoms with Crippen LogP contribution in [-0.4, -0.2) is 22.8 Å². The van der Waals surface area contributed by atoms with E-state index in [4.69, 9.17) is 11.6 Å². The van der Waals surface area contributed by atoms with Crippen molar-refractivity contribution < 1.29 is 9.18 Å². The maximum Gasteiger partial charge on any atom is 0.265 e. The molecule has 0 radical (unpaired) electrons. The molecule has 1 amide bonds. The predicted octanol–water partition coefficient (Wildman–Crippen LogP) is 5.24. The molecule has 0 aliphatic heterocycles. The Morgan fingerprint density at radius 3 is 2.67 bits per heavy atom. The van der Waals surface area contributed by atoms with Crippen LogP contribution in [0, 0.1) is 12.7 Å². The van der Waals surface area contributed by atoms with E-state index in [-0.39, 0.29) is 18.3 Å². The van der Waals surface area contributed by atoms with E-state index in [0.29, 0.717) is 20.5 Å². The fourth-order valence-corrected chi connectivity index (χ4v) is 4.42. The first-order chi connectivity index (χ1) is 11.5. The number of carbonyl (C=O) groups is 1. The quantitative estimate of drug-likeness (QED) is 0.619. The first kappa shape index (κ1) is 17.1. The van der Waals surface area contributed by atoms with Crippen LogP contribution in [0.15, 0.2) is 36.4 Å². The van der Waals surface area contributed by atoms with Crippen molar-refractivity contribution in [3.8, 4) is 9.88 Å². The van der Waals surface area contributed by atoms with E-state index in [1.165, 1.54) is 33.6 Å². The number of hydrogen-bond donors (Lipinski definition) is 0. The van der Waals surface area contributed by atoms with Crippen LogP contribution in [0.4, 0.5) is 4.39 Å². The largest absolute Gasteiger partial charge is 0.337 e. The van der Waals surface area contributed by atoms with Crippen LogP contribution < -0.4 is 0 Å². The van der Waals surface area contributed by atoms with Gasteiger partial charge in [0.25, 0.3) is 5.91 Å². The van der Waals surface area contributed by atoms with Gasteiger partial charge in [0.2, 0.25) is 0 Å². The Balaban J connectivity index is 1.82. The fourth-order valence-electron chi connectivity index (χ4n) is 2.26. The molecule has 24 heavy (non-hydrogen) atoms. The minimum Gasteiger partial charge on any atom is -0.337 e. The van der Waals surface area contributed by atoms with Crippen LogP contribution in [0.5, 0.6) is 0 Å². The molecule has 0 fully saturated rings. The molecule has 3 aromatic rings. The number of halogens is 2. The monoisotopic (exact) mass is 380 g/mol. The molecule has 0 saturated heterocycles. The molecule has 0 bridgehead atoms. The Morgan fingerprint density at radius 1 is 1.25 bits per heavy atom. The third kappa shape index (κ3) is 3.50. The zero-order valence-electron chi connectivity index (χ0n) is 13.0. The van der Waals surface area contributed by atoms with Gasteiger partial charge in [-0.1, -0.05) is 29.8 Å². The molecule has 0 saturated carbocycles. The second kappa shape index (κ2) is 7.01. The molecule has 0 N–H and O–H groups in total. The number of benzene rings is 1. The number of aryl methyl sites for hydroxylation is 1. The third-order valence-corrected chi connectivity index (χ3v) is 6.03. The number of rotatable bonds is 4. The van der Waals surface area contributed by atoms with Crippen LogP contribution in [0.2, 0.25) is 4.34 Å². The van der Waals surface area contributed by atoms with Gasteiger partial charge in [-0.3, -0.25) is 4.79 Å². The Morgan fingerprint density at radius 2 is 2.00 bits per heavy atom. The van der Waals surface area contributed by atoms with Crippen molar-refractivity contribution in [2.24, 2.45) is 0 Å². The zero-order valence-corrected chi connectivity index (χ0v) is 15.4. The van der Waals surface area contributed by atoms with Crippen molar-refractivity contribution in [3.05, 3.63) is 62.7 Å². The maximum atomic E-state index is 13.8. The van der Waals surface area contributed by atoms with E-state index in [9.17, 15) is 9.18 Å². The highest BCUT2D eigenvalue weighted by Crippen LogP contribution is 2.35. The molecule has 0 atom stereocenters. The Labute approximate surface area is 152 Å². The minimum absolute atomic E-state index is 0.165. The summed E-state index contributed by atoms with van der Waals surface area (Å²) in [4.78, 5) is 20.2. The number of nitrogens with zero attached hydrogens (tertiary/aromatic N) is 2. The lowest BCUT2D eigenvalue weighted by atomic mass is 10.2. The summed E-state index contributed by atoms with van der Waals surface area (Å²) in [6.07, 6.45) is 0. The number of amides is 1. The molecule has 0 spiro atoms. The summed E-state index contributed by atoms with van der Waals surface area (Å²) in [5, 5.41) is 0.770. The van der Waals surface area contributed by atoms with Crippen molar-refractivity contribution in [1.82, 2.24) is 9.88 Å². The third-order valence-electron chi connectivity index (χ3n) is 3.49. The summed E-state index contributed by atoms with van der Waals surface area (Å²) in [5.74, 6) is -0.478. The van der Waals surface area contributed by atoms with Crippen LogP contribution in [0.1, 0.15) is 20.9 Å². The first-order valence-electron chi connectivity index (χ1n) is 7.17. The second-order valence-electron chi connectivity index (χ2n) is 5.29. The predicted molar refractivity (Wildman–Crippen MR) is 97.4 cm³/mol. The van der Waals surface area contributed by atoms with Crippen molar-refractivity contribution in [2.75, 3.05) is 7.05 Å². The highest BCUT2D eigenvalue weighted by Gasteiger charge is 2.21. The maximum absolute atomic E-state index is 13.8. The van der Waals surface area contributed by atoms with E-state index in [2.05, 4.69) is 4.98 Å². The number of hydrogen-bond acceptors (Lipinski definition) is 4. The molecular formula is C17H14ClFN2OS2. The molecule has 2 aromatic heterocycles. The van der Waals surface area contributed by atoms with Gasteiger partial charge < -0.3 is 4.90 Å². The number of aromatic nitrogens is 1.